The molecule has 4 heteroatoms. The molecular formula is C12H13NO3. The fourth-order valence-corrected chi connectivity index (χ4v) is 1.74. The van der Waals surface area contributed by atoms with Crippen LogP contribution in [-0.2, 0) is 0 Å². The van der Waals surface area contributed by atoms with Gasteiger partial charge in [-0.1, -0.05) is 19.1 Å². The number of hydrogen-bond donors (Lipinski definition) is 1. The Kier molecular flexibility index (Phi) is 2.75. The van der Waals surface area contributed by atoms with Crippen LogP contribution < -0.4 is 0 Å². The van der Waals surface area contributed by atoms with Gasteiger partial charge >= 0.3 is 0 Å². The zero-order valence-corrected chi connectivity index (χ0v) is 9.01. The molecule has 1 N–H and O–H groups in total. The number of benzene rings is 1. The fraction of sp³-hybridized carbons (Fsp3) is 0.333. The van der Waals surface area contributed by atoms with Crippen LogP contribution in [0.25, 0.3) is 0 Å². The van der Waals surface area contributed by atoms with E-state index >= 15 is 0 Å². The Bertz CT molecular complexity index is 407. The van der Waals surface area contributed by atoms with Crippen LogP contribution in [0, 0.1) is 0 Å². The Balaban J connectivity index is 2.28. The highest BCUT2D eigenvalue weighted by Crippen LogP contribution is 2.22. The van der Waals surface area contributed by atoms with E-state index in [4.69, 9.17) is 0 Å². The Morgan fingerprint density at radius 1 is 1.19 bits per heavy atom. The van der Waals surface area contributed by atoms with E-state index < -0.39 is 6.10 Å². The second-order valence-corrected chi connectivity index (χ2v) is 3.83. The van der Waals surface area contributed by atoms with Crippen molar-refractivity contribution in [3.05, 3.63) is 35.4 Å². The lowest BCUT2D eigenvalue weighted by Crippen LogP contribution is -2.36. The molecule has 0 aromatic heterocycles. The van der Waals surface area contributed by atoms with Gasteiger partial charge in [-0.25, -0.2) is 0 Å². The fourth-order valence-electron chi connectivity index (χ4n) is 1.74. The molecule has 1 atom stereocenters. The van der Waals surface area contributed by atoms with Crippen LogP contribution in [0.4, 0.5) is 0 Å². The predicted molar refractivity (Wildman–Crippen MR) is 58.1 cm³/mol. The standard InChI is InChI=1S/C12H13NO3/c1-2-8(14)7-13-11(15)9-5-3-4-6-10(9)12(13)16/h3-6,8,14H,2,7H2,1H3. The number of β-amino-alcohol motifs (C(OH)–C–C–N with tert-alkyl or cyclic N) is 1. The van der Waals surface area contributed by atoms with Crippen LogP contribution in [0.15, 0.2) is 24.3 Å². The maximum absolute atomic E-state index is 11.9. The largest absolute Gasteiger partial charge is 0.391 e. The van der Waals surface area contributed by atoms with Gasteiger partial charge in [0, 0.05) is 0 Å². The van der Waals surface area contributed by atoms with Gasteiger partial charge in [0.2, 0.25) is 0 Å². The van der Waals surface area contributed by atoms with Gasteiger partial charge in [0.25, 0.3) is 11.8 Å². The topological polar surface area (TPSA) is 57.6 Å². The average Bonchev–Trinajstić information content (AvgIpc) is 2.55. The van der Waals surface area contributed by atoms with Gasteiger partial charge in [-0.05, 0) is 18.6 Å². The molecule has 0 bridgehead atoms. The van der Waals surface area contributed by atoms with Crippen LogP contribution in [-0.4, -0.2) is 34.5 Å². The van der Waals surface area contributed by atoms with Crippen LogP contribution in [0.5, 0.6) is 0 Å². The number of nitrogens with zero attached hydrogens (tertiary/aromatic N) is 1. The van der Waals surface area contributed by atoms with E-state index in [0.29, 0.717) is 17.5 Å². The molecule has 2 rings (SSSR count). The molecule has 0 saturated heterocycles. The summed E-state index contributed by atoms with van der Waals surface area (Å²) in [6.45, 7) is 1.88. The third kappa shape index (κ3) is 1.61. The van der Waals surface area contributed by atoms with E-state index in [-0.39, 0.29) is 18.4 Å². The minimum absolute atomic E-state index is 0.0723. The summed E-state index contributed by atoms with van der Waals surface area (Å²) in [5.74, 6) is -0.624. The first-order valence-electron chi connectivity index (χ1n) is 5.28. The van der Waals surface area contributed by atoms with Crippen LogP contribution in [0.1, 0.15) is 34.1 Å². The molecule has 1 aliphatic rings. The molecule has 1 aliphatic heterocycles. The predicted octanol–water partition coefficient (Wildman–Crippen LogP) is 1.05. The number of carbonyl (C=O) groups excluding carboxylic acids is 2. The highest BCUT2D eigenvalue weighted by Gasteiger charge is 2.35. The van der Waals surface area contributed by atoms with Crippen molar-refractivity contribution in [2.45, 2.75) is 19.4 Å². The van der Waals surface area contributed by atoms with Gasteiger partial charge in [0.1, 0.15) is 0 Å². The molecule has 1 unspecified atom stereocenters. The van der Waals surface area contributed by atoms with Crippen molar-refractivity contribution in [1.82, 2.24) is 4.90 Å². The minimum Gasteiger partial charge on any atom is -0.391 e. The molecule has 84 valence electrons. The maximum atomic E-state index is 11.9. The van der Waals surface area contributed by atoms with Crippen molar-refractivity contribution in [2.24, 2.45) is 0 Å². The third-order valence-corrected chi connectivity index (χ3v) is 2.74. The number of hydrogen-bond acceptors (Lipinski definition) is 3. The quantitative estimate of drug-likeness (QED) is 0.773. The van der Waals surface area contributed by atoms with Crippen molar-refractivity contribution >= 4 is 11.8 Å². The van der Waals surface area contributed by atoms with Gasteiger partial charge in [-0.3, -0.25) is 14.5 Å². The second kappa shape index (κ2) is 4.06. The Labute approximate surface area is 93.5 Å². The highest BCUT2D eigenvalue weighted by atomic mass is 16.3. The number of fused-ring (bicyclic) bond motifs is 1. The zero-order chi connectivity index (χ0) is 11.7. The molecule has 1 aromatic carbocycles. The van der Waals surface area contributed by atoms with Crippen molar-refractivity contribution < 1.29 is 14.7 Å². The number of aliphatic hydroxyl groups excluding tert-OH is 1. The van der Waals surface area contributed by atoms with Crippen LogP contribution >= 0.6 is 0 Å². The van der Waals surface area contributed by atoms with Gasteiger partial charge < -0.3 is 5.11 Å². The summed E-state index contributed by atoms with van der Waals surface area (Å²) in [7, 11) is 0. The summed E-state index contributed by atoms with van der Waals surface area (Å²) in [6.07, 6.45) is -0.129. The lowest BCUT2D eigenvalue weighted by atomic mass is 10.1. The normalized spacial score (nSPS) is 16.5. The lowest BCUT2D eigenvalue weighted by molar-refractivity contribution is 0.0540. The van der Waals surface area contributed by atoms with Crippen molar-refractivity contribution in [3.63, 3.8) is 0 Å². The summed E-state index contributed by atoms with van der Waals surface area (Å²) in [6, 6.07) is 6.72. The molecule has 1 heterocycles. The molecule has 0 saturated carbocycles. The van der Waals surface area contributed by atoms with E-state index in [1.54, 1.807) is 24.3 Å². The monoisotopic (exact) mass is 219 g/mol. The molecule has 0 fully saturated rings. The van der Waals surface area contributed by atoms with Gasteiger partial charge in [0.15, 0.2) is 0 Å². The molecule has 1 aromatic rings. The van der Waals surface area contributed by atoms with Crippen LogP contribution in [0.2, 0.25) is 0 Å². The number of rotatable bonds is 3. The molecule has 0 aliphatic carbocycles. The zero-order valence-electron chi connectivity index (χ0n) is 9.01. The summed E-state index contributed by atoms with van der Waals surface area (Å²) >= 11 is 0. The average molecular weight is 219 g/mol. The summed E-state index contributed by atoms with van der Waals surface area (Å²) in [5.41, 5.74) is 0.853. The summed E-state index contributed by atoms with van der Waals surface area (Å²) in [5, 5.41) is 9.49. The summed E-state index contributed by atoms with van der Waals surface area (Å²) < 4.78 is 0. The maximum Gasteiger partial charge on any atom is 0.261 e. The van der Waals surface area contributed by atoms with E-state index in [9.17, 15) is 14.7 Å². The SMILES string of the molecule is CCC(O)CN1C(=O)c2ccccc2C1=O. The van der Waals surface area contributed by atoms with E-state index in [2.05, 4.69) is 0 Å². The van der Waals surface area contributed by atoms with E-state index in [1.165, 1.54) is 0 Å². The molecule has 2 amide bonds. The molecule has 0 radical (unpaired) electrons. The summed E-state index contributed by atoms with van der Waals surface area (Å²) in [4.78, 5) is 24.8. The number of aliphatic hydroxyl groups is 1. The number of amides is 2. The van der Waals surface area contributed by atoms with Gasteiger partial charge in [0.05, 0.1) is 23.8 Å². The number of imide groups is 1. The van der Waals surface area contributed by atoms with E-state index in [1.807, 2.05) is 6.92 Å². The first-order valence-corrected chi connectivity index (χ1v) is 5.28. The van der Waals surface area contributed by atoms with Gasteiger partial charge in [-0.2, -0.15) is 0 Å². The minimum atomic E-state index is -0.651. The third-order valence-electron chi connectivity index (χ3n) is 2.74. The molecule has 4 nitrogen and oxygen atoms in total. The first-order chi connectivity index (χ1) is 7.65. The van der Waals surface area contributed by atoms with Crippen molar-refractivity contribution in [1.29, 1.82) is 0 Å². The van der Waals surface area contributed by atoms with Gasteiger partial charge in [-0.15, -0.1) is 0 Å². The first kappa shape index (κ1) is 10.8. The van der Waals surface area contributed by atoms with E-state index in [0.717, 1.165) is 4.90 Å². The highest BCUT2D eigenvalue weighted by molar-refractivity contribution is 6.21. The smallest absolute Gasteiger partial charge is 0.261 e. The lowest BCUT2D eigenvalue weighted by Gasteiger charge is -2.16. The Morgan fingerprint density at radius 3 is 2.12 bits per heavy atom. The van der Waals surface area contributed by atoms with Crippen LogP contribution in [0.3, 0.4) is 0 Å². The Hall–Kier alpha value is -1.68. The van der Waals surface area contributed by atoms with Crippen molar-refractivity contribution in [3.8, 4) is 0 Å². The Morgan fingerprint density at radius 2 is 1.69 bits per heavy atom. The number of carbonyl (C=O) groups is 2. The van der Waals surface area contributed by atoms with Crippen molar-refractivity contribution in [2.75, 3.05) is 6.54 Å². The molecular weight excluding hydrogens is 206 g/mol. The molecule has 16 heavy (non-hydrogen) atoms. The molecule has 0 spiro atoms. The second-order valence-electron chi connectivity index (χ2n) is 3.83.